The molecule has 3 N–H and O–H groups in total. The molecule has 0 saturated carbocycles. The molecule has 0 aromatic heterocycles. The molecular formula is C14H24N2O3. The molecule has 0 fully saturated rings. The third kappa shape index (κ3) is 7.00. The van der Waals surface area contributed by atoms with Gasteiger partial charge in [-0.15, -0.1) is 0 Å². The van der Waals surface area contributed by atoms with Crippen LogP contribution in [-0.4, -0.2) is 46.7 Å². The monoisotopic (exact) mass is 268 g/mol. The smallest absolute Gasteiger partial charge is 0.0701 e. The Balaban J connectivity index is 2.03. The maximum absolute atomic E-state index is 5.74. The number of hydrogen-bond donors (Lipinski definition) is 2. The van der Waals surface area contributed by atoms with E-state index in [2.05, 4.69) is 5.32 Å². The molecule has 0 unspecified atom stereocenters. The van der Waals surface area contributed by atoms with Crippen LogP contribution in [0.15, 0.2) is 18.2 Å². The molecule has 5 nitrogen and oxygen atoms in total. The summed E-state index contributed by atoms with van der Waals surface area (Å²) >= 11 is 0. The lowest BCUT2D eigenvalue weighted by Crippen LogP contribution is -2.14. The summed E-state index contributed by atoms with van der Waals surface area (Å²) in [6.07, 6.45) is 0. The van der Waals surface area contributed by atoms with Crippen molar-refractivity contribution in [2.75, 3.05) is 57.7 Å². The second kappa shape index (κ2) is 9.61. The lowest BCUT2D eigenvalue weighted by molar-refractivity contribution is 0.0272. The number of hydrogen-bond acceptors (Lipinski definition) is 5. The zero-order valence-electron chi connectivity index (χ0n) is 11.8. The average Bonchev–Trinajstić information content (AvgIpc) is 2.40. The van der Waals surface area contributed by atoms with Gasteiger partial charge in [0.15, 0.2) is 0 Å². The zero-order chi connectivity index (χ0) is 13.9. The summed E-state index contributed by atoms with van der Waals surface area (Å²) < 4.78 is 15.6. The molecule has 0 radical (unpaired) electrons. The third-order valence-corrected chi connectivity index (χ3v) is 2.63. The van der Waals surface area contributed by atoms with Crippen LogP contribution in [0.5, 0.6) is 0 Å². The fourth-order valence-corrected chi connectivity index (χ4v) is 1.55. The highest BCUT2D eigenvalue weighted by atomic mass is 16.5. The van der Waals surface area contributed by atoms with Crippen molar-refractivity contribution in [2.24, 2.45) is 0 Å². The first kappa shape index (κ1) is 15.8. The molecule has 5 heteroatoms. The van der Waals surface area contributed by atoms with Crippen LogP contribution >= 0.6 is 0 Å². The molecule has 0 aliphatic carbocycles. The fourth-order valence-electron chi connectivity index (χ4n) is 1.55. The second-order valence-corrected chi connectivity index (χ2v) is 4.22. The number of anilines is 2. The van der Waals surface area contributed by atoms with Crippen molar-refractivity contribution in [1.29, 1.82) is 0 Å². The van der Waals surface area contributed by atoms with Crippen molar-refractivity contribution in [3.63, 3.8) is 0 Å². The van der Waals surface area contributed by atoms with Gasteiger partial charge >= 0.3 is 0 Å². The molecule has 0 aliphatic heterocycles. The Kier molecular flexibility index (Phi) is 7.97. The third-order valence-electron chi connectivity index (χ3n) is 2.63. The average molecular weight is 268 g/mol. The predicted octanol–water partition coefficient (Wildman–Crippen LogP) is 1.67. The quantitative estimate of drug-likeness (QED) is 0.499. The molecule has 0 bridgehead atoms. The summed E-state index contributed by atoms with van der Waals surface area (Å²) in [6.45, 7) is 5.87. The topological polar surface area (TPSA) is 65.7 Å². The fraction of sp³-hybridized carbons (Fsp3) is 0.571. The van der Waals surface area contributed by atoms with Gasteiger partial charge in [-0.2, -0.15) is 0 Å². The largest absolute Gasteiger partial charge is 0.399 e. The number of benzene rings is 1. The van der Waals surface area contributed by atoms with E-state index < -0.39 is 0 Å². The number of rotatable bonds is 10. The van der Waals surface area contributed by atoms with Gasteiger partial charge < -0.3 is 25.3 Å². The van der Waals surface area contributed by atoms with Crippen LogP contribution in [-0.2, 0) is 14.2 Å². The Hall–Kier alpha value is -1.30. The molecule has 0 aliphatic rings. The molecule has 19 heavy (non-hydrogen) atoms. The van der Waals surface area contributed by atoms with Crippen LogP contribution in [0, 0.1) is 6.92 Å². The van der Waals surface area contributed by atoms with E-state index in [-0.39, 0.29) is 0 Å². The minimum absolute atomic E-state index is 0.598. The van der Waals surface area contributed by atoms with Gasteiger partial charge in [0.25, 0.3) is 0 Å². The number of ether oxygens (including phenoxy) is 3. The first-order valence-corrected chi connectivity index (χ1v) is 6.48. The molecule has 1 rings (SSSR count). The first-order chi connectivity index (χ1) is 9.24. The van der Waals surface area contributed by atoms with Crippen molar-refractivity contribution in [1.82, 2.24) is 0 Å². The maximum atomic E-state index is 5.74. The molecule has 108 valence electrons. The van der Waals surface area contributed by atoms with Crippen molar-refractivity contribution in [3.05, 3.63) is 23.8 Å². The standard InChI is InChI=1S/C14H24N2O3/c1-12-3-4-13(15)11-14(12)16-5-6-18-9-10-19-8-7-17-2/h3-4,11,16H,5-10,15H2,1-2H3. The van der Waals surface area contributed by atoms with E-state index in [1.165, 1.54) is 5.56 Å². The highest BCUT2D eigenvalue weighted by molar-refractivity contribution is 5.59. The Morgan fingerprint density at radius 1 is 1.05 bits per heavy atom. The second-order valence-electron chi connectivity index (χ2n) is 4.22. The lowest BCUT2D eigenvalue weighted by atomic mass is 10.2. The van der Waals surface area contributed by atoms with Gasteiger partial charge in [-0.3, -0.25) is 0 Å². The molecule has 0 heterocycles. The van der Waals surface area contributed by atoms with Gasteiger partial charge in [0.2, 0.25) is 0 Å². The molecule has 1 aromatic carbocycles. The van der Waals surface area contributed by atoms with Crippen LogP contribution in [0.4, 0.5) is 11.4 Å². The molecule has 0 spiro atoms. The normalized spacial score (nSPS) is 10.6. The van der Waals surface area contributed by atoms with E-state index in [1.54, 1.807) is 7.11 Å². The maximum Gasteiger partial charge on any atom is 0.0701 e. The molecule has 0 atom stereocenters. The summed E-state index contributed by atoms with van der Waals surface area (Å²) in [4.78, 5) is 0. The van der Waals surface area contributed by atoms with E-state index in [4.69, 9.17) is 19.9 Å². The van der Waals surface area contributed by atoms with Gasteiger partial charge in [0.1, 0.15) is 0 Å². The van der Waals surface area contributed by atoms with Gasteiger partial charge in [-0.1, -0.05) is 6.07 Å². The van der Waals surface area contributed by atoms with E-state index in [0.717, 1.165) is 17.9 Å². The summed E-state index contributed by atoms with van der Waals surface area (Å²) in [6, 6.07) is 5.83. The Morgan fingerprint density at radius 2 is 1.74 bits per heavy atom. The van der Waals surface area contributed by atoms with Crippen molar-refractivity contribution in [3.8, 4) is 0 Å². The van der Waals surface area contributed by atoms with Crippen LogP contribution in [0.3, 0.4) is 0 Å². The molecular weight excluding hydrogens is 244 g/mol. The highest BCUT2D eigenvalue weighted by Crippen LogP contribution is 2.17. The van der Waals surface area contributed by atoms with E-state index >= 15 is 0 Å². The van der Waals surface area contributed by atoms with Gasteiger partial charge in [-0.25, -0.2) is 0 Å². The summed E-state index contributed by atoms with van der Waals surface area (Å²) in [7, 11) is 1.66. The summed E-state index contributed by atoms with van der Waals surface area (Å²) in [5, 5.41) is 3.30. The first-order valence-electron chi connectivity index (χ1n) is 6.48. The Labute approximate surface area is 115 Å². The van der Waals surface area contributed by atoms with E-state index in [0.29, 0.717) is 33.0 Å². The number of methoxy groups -OCH3 is 1. The van der Waals surface area contributed by atoms with Crippen molar-refractivity contribution >= 4 is 11.4 Å². The zero-order valence-corrected chi connectivity index (χ0v) is 11.8. The number of nitrogens with two attached hydrogens (primary N) is 1. The summed E-state index contributed by atoms with van der Waals surface area (Å²) in [5.41, 5.74) is 8.74. The van der Waals surface area contributed by atoms with Crippen molar-refractivity contribution in [2.45, 2.75) is 6.92 Å². The number of aryl methyl sites for hydroxylation is 1. The molecule has 1 aromatic rings. The van der Waals surface area contributed by atoms with Gasteiger partial charge in [0, 0.05) is 25.0 Å². The Bertz CT molecular complexity index is 359. The highest BCUT2D eigenvalue weighted by Gasteiger charge is 1.98. The lowest BCUT2D eigenvalue weighted by Gasteiger charge is -2.10. The summed E-state index contributed by atoms with van der Waals surface area (Å²) in [5.74, 6) is 0. The SMILES string of the molecule is COCCOCCOCCNc1cc(N)ccc1C. The van der Waals surface area contributed by atoms with E-state index in [1.807, 2.05) is 25.1 Å². The van der Waals surface area contributed by atoms with Crippen molar-refractivity contribution < 1.29 is 14.2 Å². The van der Waals surface area contributed by atoms with Crippen LogP contribution in [0.1, 0.15) is 5.56 Å². The minimum Gasteiger partial charge on any atom is -0.399 e. The van der Waals surface area contributed by atoms with Crippen LogP contribution < -0.4 is 11.1 Å². The molecule has 0 saturated heterocycles. The number of nitrogen functional groups attached to an aromatic ring is 1. The molecule has 0 amide bonds. The van der Waals surface area contributed by atoms with E-state index in [9.17, 15) is 0 Å². The van der Waals surface area contributed by atoms with Gasteiger partial charge in [0.05, 0.1) is 33.0 Å². The van der Waals surface area contributed by atoms with Crippen LogP contribution in [0.25, 0.3) is 0 Å². The minimum atomic E-state index is 0.598. The Morgan fingerprint density at radius 3 is 2.47 bits per heavy atom. The number of nitrogens with one attached hydrogen (secondary N) is 1. The predicted molar refractivity (Wildman–Crippen MR) is 77.6 cm³/mol. The van der Waals surface area contributed by atoms with Crippen LogP contribution in [0.2, 0.25) is 0 Å². The van der Waals surface area contributed by atoms with Gasteiger partial charge in [-0.05, 0) is 24.6 Å².